The molecule has 0 saturated carbocycles. The van der Waals surface area contributed by atoms with Gasteiger partial charge in [-0.3, -0.25) is 14.6 Å². The summed E-state index contributed by atoms with van der Waals surface area (Å²) >= 11 is 0. The predicted molar refractivity (Wildman–Crippen MR) is 95.8 cm³/mol. The molecule has 0 unspecified atom stereocenters. The molecule has 0 radical (unpaired) electrons. The summed E-state index contributed by atoms with van der Waals surface area (Å²) in [5.41, 5.74) is 5.84. The van der Waals surface area contributed by atoms with Crippen LogP contribution in [0, 0.1) is 13.8 Å². The number of hydrogen-bond donors (Lipinski definition) is 1. The molecule has 1 amide bonds. The normalized spacial score (nSPS) is 13.8. The minimum atomic E-state index is 0.0255. The lowest BCUT2D eigenvalue weighted by atomic mass is 10.1. The minimum Gasteiger partial charge on any atom is -0.305 e. The molecule has 2 aromatic heterocycles. The highest BCUT2D eigenvalue weighted by atomic mass is 16.2. The molecule has 1 N–H and O–H groups in total. The number of amides is 1. The van der Waals surface area contributed by atoms with E-state index < -0.39 is 0 Å². The van der Waals surface area contributed by atoms with Gasteiger partial charge in [-0.1, -0.05) is 12.1 Å². The van der Waals surface area contributed by atoms with E-state index in [0.29, 0.717) is 12.1 Å². The monoisotopic (exact) mass is 335 g/mol. The number of nitrogens with zero attached hydrogens (tertiary/aromatic N) is 4. The summed E-state index contributed by atoms with van der Waals surface area (Å²) in [6, 6.07) is 9.87. The summed E-state index contributed by atoms with van der Waals surface area (Å²) < 4.78 is 1.97. The molecule has 0 atom stereocenters. The number of aryl methyl sites for hydroxylation is 3. The lowest BCUT2D eigenvalue weighted by Crippen LogP contribution is -2.35. The Labute approximate surface area is 146 Å². The molecule has 4 rings (SSSR count). The van der Waals surface area contributed by atoms with E-state index in [1.54, 1.807) is 6.20 Å². The summed E-state index contributed by atoms with van der Waals surface area (Å²) in [7, 11) is 0. The molecular formula is C19H21N5O. The van der Waals surface area contributed by atoms with Crippen molar-refractivity contribution in [1.82, 2.24) is 20.0 Å². The Balaban J connectivity index is 1.60. The lowest BCUT2D eigenvalue weighted by molar-refractivity contribution is 0.0985. The van der Waals surface area contributed by atoms with Gasteiger partial charge in [0.25, 0.3) is 5.91 Å². The van der Waals surface area contributed by atoms with Crippen molar-refractivity contribution in [2.75, 3.05) is 11.4 Å². The Hall–Kier alpha value is -2.89. The van der Waals surface area contributed by atoms with Crippen LogP contribution in [-0.2, 0) is 13.0 Å². The van der Waals surface area contributed by atoms with Crippen LogP contribution in [-0.4, -0.2) is 32.4 Å². The van der Waals surface area contributed by atoms with E-state index in [1.807, 2.05) is 47.7 Å². The number of aromatic nitrogens is 4. The van der Waals surface area contributed by atoms with Gasteiger partial charge < -0.3 is 4.90 Å². The maximum absolute atomic E-state index is 13.0. The highest BCUT2D eigenvalue weighted by molar-refractivity contribution is 6.06. The Kier molecular flexibility index (Phi) is 3.87. The molecule has 1 aliphatic rings. The maximum atomic E-state index is 13.0. The van der Waals surface area contributed by atoms with Gasteiger partial charge in [0.05, 0.1) is 29.8 Å². The van der Waals surface area contributed by atoms with E-state index in [0.717, 1.165) is 47.7 Å². The van der Waals surface area contributed by atoms with Crippen molar-refractivity contribution in [1.29, 1.82) is 0 Å². The van der Waals surface area contributed by atoms with Crippen LogP contribution in [0.5, 0.6) is 0 Å². The van der Waals surface area contributed by atoms with E-state index in [4.69, 9.17) is 0 Å². The van der Waals surface area contributed by atoms with Crippen molar-refractivity contribution < 1.29 is 4.79 Å². The first-order valence-corrected chi connectivity index (χ1v) is 8.56. The van der Waals surface area contributed by atoms with Gasteiger partial charge in [0.2, 0.25) is 0 Å². The second-order valence-electron chi connectivity index (χ2n) is 6.58. The van der Waals surface area contributed by atoms with Crippen molar-refractivity contribution in [2.45, 2.75) is 33.2 Å². The van der Waals surface area contributed by atoms with E-state index in [9.17, 15) is 4.79 Å². The number of carbonyl (C=O) groups is 1. The third-order valence-corrected chi connectivity index (χ3v) is 4.65. The summed E-state index contributed by atoms with van der Waals surface area (Å²) in [6.45, 7) is 5.43. The van der Waals surface area contributed by atoms with Crippen molar-refractivity contribution >= 4 is 11.6 Å². The minimum absolute atomic E-state index is 0.0255. The topological polar surface area (TPSA) is 66.8 Å². The summed E-state index contributed by atoms with van der Waals surface area (Å²) in [6.07, 6.45) is 3.63. The SMILES string of the molecule is Cc1cc(C)n(Cc2cccc(C(=O)N3CCCc4[nH]ncc43)c2)n1. The number of carbonyl (C=O) groups excluding carboxylic acids is 1. The van der Waals surface area contributed by atoms with Gasteiger partial charge in [0.15, 0.2) is 0 Å². The fourth-order valence-corrected chi connectivity index (χ4v) is 3.43. The number of hydrogen-bond acceptors (Lipinski definition) is 3. The average molecular weight is 335 g/mol. The first kappa shape index (κ1) is 15.6. The number of aromatic amines is 1. The molecule has 6 heteroatoms. The first-order valence-electron chi connectivity index (χ1n) is 8.56. The fraction of sp³-hybridized carbons (Fsp3) is 0.316. The largest absolute Gasteiger partial charge is 0.305 e. The maximum Gasteiger partial charge on any atom is 0.258 e. The van der Waals surface area contributed by atoms with Crippen molar-refractivity contribution in [3.8, 4) is 0 Å². The van der Waals surface area contributed by atoms with Gasteiger partial charge in [-0.05, 0) is 50.5 Å². The van der Waals surface area contributed by atoms with E-state index in [1.165, 1.54) is 0 Å². The molecule has 3 aromatic rings. The molecular weight excluding hydrogens is 314 g/mol. The van der Waals surface area contributed by atoms with Crippen LogP contribution in [0.3, 0.4) is 0 Å². The number of nitrogens with one attached hydrogen (secondary N) is 1. The molecule has 0 spiro atoms. The average Bonchev–Trinajstić information content (AvgIpc) is 3.20. The predicted octanol–water partition coefficient (Wildman–Crippen LogP) is 2.86. The van der Waals surface area contributed by atoms with Crippen LogP contribution in [0.1, 0.15) is 39.4 Å². The molecule has 3 heterocycles. The molecule has 1 aliphatic heterocycles. The number of fused-ring (bicyclic) bond motifs is 1. The van der Waals surface area contributed by atoms with E-state index in [2.05, 4.69) is 21.4 Å². The molecule has 0 fully saturated rings. The van der Waals surface area contributed by atoms with Crippen molar-refractivity contribution in [2.24, 2.45) is 0 Å². The van der Waals surface area contributed by atoms with Crippen LogP contribution in [0.4, 0.5) is 5.69 Å². The van der Waals surface area contributed by atoms with Gasteiger partial charge in [0, 0.05) is 17.8 Å². The zero-order valence-corrected chi connectivity index (χ0v) is 14.5. The zero-order valence-electron chi connectivity index (χ0n) is 14.5. The summed E-state index contributed by atoms with van der Waals surface area (Å²) in [5.74, 6) is 0.0255. The first-order chi connectivity index (χ1) is 12.1. The molecule has 25 heavy (non-hydrogen) atoms. The van der Waals surface area contributed by atoms with Crippen LogP contribution in [0.25, 0.3) is 0 Å². The number of benzene rings is 1. The molecule has 0 saturated heterocycles. The van der Waals surface area contributed by atoms with Gasteiger partial charge in [0.1, 0.15) is 0 Å². The second-order valence-corrected chi connectivity index (χ2v) is 6.58. The Morgan fingerprint density at radius 3 is 2.96 bits per heavy atom. The molecule has 0 aliphatic carbocycles. The Morgan fingerprint density at radius 1 is 1.28 bits per heavy atom. The van der Waals surface area contributed by atoms with Crippen LogP contribution in [0.2, 0.25) is 0 Å². The quantitative estimate of drug-likeness (QED) is 0.800. The van der Waals surface area contributed by atoms with Gasteiger partial charge in [-0.15, -0.1) is 0 Å². The van der Waals surface area contributed by atoms with Crippen LogP contribution >= 0.6 is 0 Å². The lowest BCUT2D eigenvalue weighted by Gasteiger charge is -2.26. The number of rotatable bonds is 3. The number of anilines is 1. The third kappa shape index (κ3) is 2.95. The summed E-state index contributed by atoms with van der Waals surface area (Å²) in [5, 5.41) is 11.6. The third-order valence-electron chi connectivity index (χ3n) is 4.65. The standard InChI is InChI=1S/C19H21N5O/c1-13-9-14(2)24(22-13)12-15-5-3-6-16(10-15)19(25)23-8-4-7-17-18(23)11-20-21-17/h3,5-6,9-11H,4,7-8,12H2,1-2H3,(H,20,21). The smallest absolute Gasteiger partial charge is 0.258 e. The van der Waals surface area contributed by atoms with Crippen molar-refractivity contribution in [3.05, 3.63) is 64.7 Å². The van der Waals surface area contributed by atoms with Crippen molar-refractivity contribution in [3.63, 3.8) is 0 Å². The molecule has 6 nitrogen and oxygen atoms in total. The number of H-pyrrole nitrogens is 1. The summed E-state index contributed by atoms with van der Waals surface area (Å²) in [4.78, 5) is 14.8. The Bertz CT molecular complexity index is 924. The van der Waals surface area contributed by atoms with E-state index in [-0.39, 0.29) is 5.91 Å². The highest BCUT2D eigenvalue weighted by Crippen LogP contribution is 2.26. The van der Waals surface area contributed by atoms with Crippen LogP contribution in [0.15, 0.2) is 36.5 Å². The fourth-order valence-electron chi connectivity index (χ4n) is 3.43. The van der Waals surface area contributed by atoms with Crippen LogP contribution < -0.4 is 4.90 Å². The highest BCUT2D eigenvalue weighted by Gasteiger charge is 2.25. The van der Waals surface area contributed by atoms with Gasteiger partial charge >= 0.3 is 0 Å². The van der Waals surface area contributed by atoms with Gasteiger partial charge in [-0.2, -0.15) is 10.2 Å². The molecule has 0 bridgehead atoms. The Morgan fingerprint density at radius 2 is 2.16 bits per heavy atom. The van der Waals surface area contributed by atoms with E-state index >= 15 is 0 Å². The molecule has 1 aromatic carbocycles. The molecule has 128 valence electrons. The van der Waals surface area contributed by atoms with Gasteiger partial charge in [-0.25, -0.2) is 0 Å². The second kappa shape index (κ2) is 6.20. The zero-order chi connectivity index (χ0) is 17.4.